The summed E-state index contributed by atoms with van der Waals surface area (Å²) in [6.45, 7) is 9.34. The molecular weight excluding hydrogens is 374 g/mol. The van der Waals surface area contributed by atoms with E-state index in [-0.39, 0.29) is 58.9 Å². The monoisotopic (exact) mass is 394 g/mol. The molecule has 0 amide bonds. The van der Waals surface area contributed by atoms with Gasteiger partial charge in [0, 0.05) is 8.07 Å². The predicted molar refractivity (Wildman–Crippen MR) is 79.0 cm³/mol. The fraction of sp³-hybridized carbons (Fsp3) is 0.312. The first-order valence-corrected chi connectivity index (χ1v) is 9.77. The maximum absolute atomic E-state index is 2.40. The number of benzene rings is 1. The summed E-state index contributed by atoms with van der Waals surface area (Å²) in [5.41, 5.74) is 4.19. The third-order valence-corrected chi connectivity index (χ3v) is 5.26. The van der Waals surface area contributed by atoms with Crippen molar-refractivity contribution in [1.82, 2.24) is 0 Å². The molecule has 0 aliphatic heterocycles. The Morgan fingerprint density at radius 2 is 1.43 bits per heavy atom. The molecule has 0 nitrogen and oxygen atoms in total. The summed E-state index contributed by atoms with van der Waals surface area (Å²) in [6, 6.07) is 15.8. The van der Waals surface area contributed by atoms with Crippen molar-refractivity contribution < 1.29 is 58.9 Å². The van der Waals surface area contributed by atoms with Crippen molar-refractivity contribution in [2.75, 3.05) is 0 Å². The van der Waals surface area contributed by atoms with Crippen molar-refractivity contribution in [3.05, 3.63) is 59.2 Å². The summed E-state index contributed by atoms with van der Waals surface area (Å²) in [5.74, 6) is 0. The van der Waals surface area contributed by atoms with Crippen molar-refractivity contribution in [2.45, 2.75) is 33.0 Å². The molecule has 114 valence electrons. The second-order valence-corrected chi connectivity index (χ2v) is 11.0. The van der Waals surface area contributed by atoms with E-state index >= 15 is 0 Å². The average Bonchev–Trinajstić information content (AvgIpc) is 2.69. The minimum Gasteiger partial charge on any atom is -1.00 e. The number of hydrogen-bond acceptors (Lipinski definition) is 0. The van der Waals surface area contributed by atoms with Gasteiger partial charge in [-0.25, -0.2) is 11.3 Å². The van der Waals surface area contributed by atoms with Gasteiger partial charge in [0.25, 0.3) is 0 Å². The van der Waals surface area contributed by atoms with Crippen LogP contribution in [0.25, 0.3) is 0 Å². The van der Waals surface area contributed by atoms with Gasteiger partial charge < -0.3 is 37.2 Å². The molecule has 0 unspecified atom stereocenters. The van der Waals surface area contributed by atoms with E-state index < -0.39 is 8.07 Å². The van der Waals surface area contributed by atoms with E-state index in [2.05, 4.69) is 69.0 Å². The van der Waals surface area contributed by atoms with E-state index in [0.29, 0.717) is 0 Å². The standard InChI is InChI=1S/C16H21Si.3ClH.Ti/c1-13-5-7-14(8-6-13)11-15-9-10-16(12-15)17(2,3)4;;;;/h5-10,12H,11H2,1-4H3;3*1H;/q-1;;;;+4/p-3. The minimum absolute atomic E-state index is 0. The van der Waals surface area contributed by atoms with Gasteiger partial charge in [-0.2, -0.15) is 17.7 Å². The summed E-state index contributed by atoms with van der Waals surface area (Å²) >= 11 is 0. The van der Waals surface area contributed by atoms with E-state index in [1.165, 1.54) is 16.7 Å². The maximum Gasteiger partial charge on any atom is 4.00 e. The van der Waals surface area contributed by atoms with Crippen LogP contribution in [0.5, 0.6) is 0 Å². The Hall–Kier alpha value is 0.371. The normalized spacial score (nSPS) is 9.52. The van der Waals surface area contributed by atoms with Crippen LogP contribution >= 0.6 is 0 Å². The molecule has 0 atom stereocenters. The molecule has 0 aromatic heterocycles. The number of aryl methyl sites for hydroxylation is 1. The summed E-state index contributed by atoms with van der Waals surface area (Å²) < 4.78 is 0. The molecule has 0 spiro atoms. The fourth-order valence-corrected chi connectivity index (χ4v) is 3.21. The van der Waals surface area contributed by atoms with Crippen molar-refractivity contribution >= 4 is 13.3 Å². The maximum atomic E-state index is 2.40. The SMILES string of the molecule is Cc1ccc(C[c-]2ccc([Si](C)(C)C)c2)cc1.[Cl-].[Cl-].[Cl-].[Ti+4]. The summed E-state index contributed by atoms with van der Waals surface area (Å²) in [5, 5.41) is 1.57. The molecule has 0 heterocycles. The van der Waals surface area contributed by atoms with Gasteiger partial charge in [0.05, 0.1) is 0 Å². The second-order valence-electron chi connectivity index (χ2n) is 5.92. The first-order valence-electron chi connectivity index (χ1n) is 6.27. The van der Waals surface area contributed by atoms with Crippen molar-refractivity contribution in [2.24, 2.45) is 0 Å². The zero-order valence-electron chi connectivity index (χ0n) is 12.9. The Morgan fingerprint density at radius 1 is 0.905 bits per heavy atom. The fourth-order valence-electron chi connectivity index (χ4n) is 2.01. The molecule has 0 N–H and O–H groups in total. The molecule has 21 heavy (non-hydrogen) atoms. The number of hydrogen-bond donors (Lipinski definition) is 0. The smallest absolute Gasteiger partial charge is 1.00 e. The van der Waals surface area contributed by atoms with Crippen molar-refractivity contribution in [1.29, 1.82) is 0 Å². The van der Waals surface area contributed by atoms with Gasteiger partial charge in [-0.1, -0.05) is 55.0 Å². The molecular formula is C16H21Cl3SiTi. The van der Waals surface area contributed by atoms with Crippen LogP contribution in [-0.2, 0) is 28.1 Å². The van der Waals surface area contributed by atoms with Gasteiger partial charge in [0.2, 0.25) is 0 Å². The van der Waals surface area contributed by atoms with Gasteiger partial charge in [0.15, 0.2) is 0 Å². The first kappa shape index (κ1) is 26.3. The molecule has 0 radical (unpaired) electrons. The van der Waals surface area contributed by atoms with E-state index in [1.54, 1.807) is 5.19 Å². The number of halogens is 3. The third kappa shape index (κ3) is 7.97. The summed E-state index contributed by atoms with van der Waals surface area (Å²) in [6.07, 6.45) is 1.06. The van der Waals surface area contributed by atoms with Gasteiger partial charge in [-0.3, -0.25) is 0 Å². The zero-order valence-corrected chi connectivity index (χ0v) is 17.7. The molecule has 2 aromatic rings. The molecule has 0 aliphatic rings. The molecule has 0 saturated carbocycles. The van der Waals surface area contributed by atoms with Crippen molar-refractivity contribution in [3.63, 3.8) is 0 Å². The van der Waals surface area contributed by atoms with Gasteiger partial charge in [0.1, 0.15) is 0 Å². The molecule has 0 aliphatic carbocycles. The van der Waals surface area contributed by atoms with Crippen molar-refractivity contribution in [3.8, 4) is 0 Å². The molecule has 5 heteroatoms. The Kier molecular flexibility index (Phi) is 13.8. The second kappa shape index (κ2) is 11.0. The topological polar surface area (TPSA) is 0 Å². The summed E-state index contributed by atoms with van der Waals surface area (Å²) in [7, 11) is -1.14. The van der Waals surface area contributed by atoms with Crippen LogP contribution < -0.4 is 42.4 Å². The largest absolute Gasteiger partial charge is 4.00 e. The van der Waals surface area contributed by atoms with Gasteiger partial charge in [-0.15, -0.1) is 0 Å². The van der Waals surface area contributed by atoms with Crippen LogP contribution in [-0.4, -0.2) is 8.07 Å². The van der Waals surface area contributed by atoms with Crippen LogP contribution in [0.4, 0.5) is 0 Å². The zero-order chi connectivity index (χ0) is 12.5. The average molecular weight is 396 g/mol. The van der Waals surface area contributed by atoms with Gasteiger partial charge in [-0.05, 0) is 13.3 Å². The molecule has 2 rings (SSSR count). The summed E-state index contributed by atoms with van der Waals surface area (Å²) in [4.78, 5) is 0. The minimum atomic E-state index is -1.14. The van der Waals surface area contributed by atoms with Crippen LogP contribution in [0, 0.1) is 6.92 Å². The van der Waals surface area contributed by atoms with Crippen LogP contribution in [0.3, 0.4) is 0 Å². The molecule has 0 fully saturated rings. The van der Waals surface area contributed by atoms with E-state index in [4.69, 9.17) is 0 Å². The predicted octanol–water partition coefficient (Wildman–Crippen LogP) is -5.14. The first-order chi connectivity index (χ1) is 7.95. The Morgan fingerprint density at radius 3 is 1.86 bits per heavy atom. The third-order valence-electron chi connectivity index (χ3n) is 3.21. The van der Waals surface area contributed by atoms with Gasteiger partial charge >= 0.3 is 21.7 Å². The van der Waals surface area contributed by atoms with Crippen LogP contribution in [0.1, 0.15) is 16.7 Å². The van der Waals surface area contributed by atoms with E-state index in [1.807, 2.05) is 0 Å². The Balaban J connectivity index is -0.000000810. The van der Waals surface area contributed by atoms with Crippen LogP contribution in [0.15, 0.2) is 42.5 Å². The number of rotatable bonds is 3. The molecule has 0 bridgehead atoms. The van der Waals surface area contributed by atoms with E-state index in [0.717, 1.165) is 6.42 Å². The Bertz CT molecular complexity index is 501. The Labute approximate surface area is 163 Å². The van der Waals surface area contributed by atoms with E-state index in [9.17, 15) is 0 Å². The quantitative estimate of drug-likeness (QED) is 0.360. The molecule has 2 aromatic carbocycles. The molecule has 0 saturated heterocycles. The van der Waals surface area contributed by atoms with Crippen LogP contribution in [0.2, 0.25) is 19.6 Å².